The molecule has 1 aromatic carbocycles. The summed E-state index contributed by atoms with van der Waals surface area (Å²) in [5.74, 6) is 0.635. The first kappa shape index (κ1) is 20.2. The lowest BCUT2D eigenvalue weighted by atomic mass is 10.2. The van der Waals surface area contributed by atoms with Gasteiger partial charge in [-0.05, 0) is 32.0 Å². The van der Waals surface area contributed by atoms with Crippen LogP contribution in [-0.4, -0.2) is 55.1 Å². The molecule has 0 saturated carbocycles. The number of fused-ring (bicyclic) bond motifs is 2. The molecule has 4 aromatic rings. The minimum Gasteiger partial charge on any atom is -0.368 e. The van der Waals surface area contributed by atoms with Gasteiger partial charge in [0, 0.05) is 58.2 Å². The molecule has 0 aliphatic carbocycles. The number of piperazine rings is 1. The van der Waals surface area contributed by atoms with E-state index in [4.69, 9.17) is 0 Å². The predicted octanol–water partition coefficient (Wildman–Crippen LogP) is 1.28. The molecule has 10 heteroatoms. The largest absolute Gasteiger partial charge is 0.368 e. The number of nitrogens with zero attached hydrogens (tertiary/aromatic N) is 8. The smallest absolute Gasteiger partial charge is 0.265 e. The van der Waals surface area contributed by atoms with Gasteiger partial charge < -0.3 is 9.80 Å². The summed E-state index contributed by atoms with van der Waals surface area (Å²) in [6.07, 6.45) is 3.33. The zero-order valence-electron chi connectivity index (χ0n) is 18.7. The van der Waals surface area contributed by atoms with Crippen LogP contribution >= 0.6 is 0 Å². The van der Waals surface area contributed by atoms with E-state index in [9.17, 15) is 9.59 Å². The van der Waals surface area contributed by atoms with Crippen molar-refractivity contribution in [2.24, 2.45) is 14.1 Å². The molecule has 3 aromatic heterocycles. The van der Waals surface area contributed by atoms with Crippen molar-refractivity contribution in [3.8, 4) is 0 Å². The molecule has 5 rings (SSSR count). The minimum atomic E-state index is -0.0896. The monoisotopic (exact) mass is 434 g/mol. The lowest BCUT2D eigenvalue weighted by Crippen LogP contribution is -2.48. The van der Waals surface area contributed by atoms with Gasteiger partial charge in [-0.1, -0.05) is 0 Å². The van der Waals surface area contributed by atoms with Gasteiger partial charge in [-0.25, -0.2) is 4.98 Å². The van der Waals surface area contributed by atoms with Crippen LogP contribution in [0.1, 0.15) is 19.9 Å². The molecule has 0 amide bonds. The number of hydrogen-bond donors (Lipinski definition) is 0. The summed E-state index contributed by atoms with van der Waals surface area (Å²) in [7, 11) is 3.54. The Balaban J connectivity index is 1.39. The third-order valence-corrected chi connectivity index (χ3v) is 6.10. The van der Waals surface area contributed by atoms with E-state index in [1.54, 1.807) is 40.4 Å². The Kier molecular flexibility index (Phi) is 4.72. The van der Waals surface area contributed by atoms with Gasteiger partial charge >= 0.3 is 0 Å². The number of rotatable bonds is 3. The molecule has 1 saturated heterocycles. The maximum atomic E-state index is 12.7. The summed E-state index contributed by atoms with van der Waals surface area (Å²) in [6.45, 7) is 6.92. The summed E-state index contributed by atoms with van der Waals surface area (Å²) in [6, 6.07) is 5.90. The Morgan fingerprint density at radius 1 is 0.938 bits per heavy atom. The second kappa shape index (κ2) is 7.47. The maximum Gasteiger partial charge on any atom is 0.265 e. The third kappa shape index (κ3) is 3.22. The SMILES string of the molecule is CC(C)n1cnc2cc(N3CCN(c4nc5nn(C)cc5c(=O)n4C)CC3)ccc2c1=O. The Hall–Kier alpha value is -3.69. The minimum absolute atomic E-state index is 0.0155. The molecule has 0 bridgehead atoms. The highest BCUT2D eigenvalue weighted by atomic mass is 16.1. The highest BCUT2D eigenvalue weighted by Crippen LogP contribution is 2.22. The number of benzene rings is 1. The van der Waals surface area contributed by atoms with Crippen molar-refractivity contribution in [3.05, 3.63) is 51.4 Å². The summed E-state index contributed by atoms with van der Waals surface area (Å²) in [5.41, 5.74) is 2.11. The van der Waals surface area contributed by atoms with Crippen LogP contribution in [0.5, 0.6) is 0 Å². The lowest BCUT2D eigenvalue weighted by molar-refractivity contribution is 0.573. The molecule has 0 radical (unpaired) electrons. The molecular weight excluding hydrogens is 408 g/mol. The molecule has 166 valence electrons. The Morgan fingerprint density at radius 2 is 1.66 bits per heavy atom. The first-order valence-corrected chi connectivity index (χ1v) is 10.7. The lowest BCUT2D eigenvalue weighted by Gasteiger charge is -2.37. The zero-order valence-corrected chi connectivity index (χ0v) is 18.7. The Labute approximate surface area is 184 Å². The van der Waals surface area contributed by atoms with E-state index in [1.165, 1.54) is 0 Å². The fourth-order valence-electron chi connectivity index (χ4n) is 4.29. The first-order valence-electron chi connectivity index (χ1n) is 10.7. The Morgan fingerprint density at radius 3 is 2.38 bits per heavy atom. The van der Waals surface area contributed by atoms with Crippen molar-refractivity contribution in [1.82, 2.24) is 28.9 Å². The molecule has 0 atom stereocenters. The zero-order chi connectivity index (χ0) is 22.6. The fourth-order valence-corrected chi connectivity index (χ4v) is 4.29. The molecule has 1 fully saturated rings. The second-order valence-electron chi connectivity index (χ2n) is 8.54. The van der Waals surface area contributed by atoms with Crippen LogP contribution in [0.4, 0.5) is 11.6 Å². The van der Waals surface area contributed by atoms with Crippen LogP contribution in [0.3, 0.4) is 0 Å². The predicted molar refractivity (Wildman–Crippen MR) is 125 cm³/mol. The van der Waals surface area contributed by atoms with Gasteiger partial charge in [0.15, 0.2) is 5.65 Å². The van der Waals surface area contributed by atoms with Crippen molar-refractivity contribution in [3.63, 3.8) is 0 Å². The number of hydrogen-bond acceptors (Lipinski definition) is 7. The molecule has 1 aliphatic rings. The first-order chi connectivity index (χ1) is 15.3. The van der Waals surface area contributed by atoms with Crippen LogP contribution in [0.15, 0.2) is 40.3 Å². The molecule has 0 unspecified atom stereocenters. The van der Waals surface area contributed by atoms with Crippen LogP contribution in [-0.2, 0) is 14.1 Å². The molecule has 1 aliphatic heterocycles. The van der Waals surface area contributed by atoms with Gasteiger partial charge in [0.1, 0.15) is 5.39 Å². The summed E-state index contributed by atoms with van der Waals surface area (Å²) < 4.78 is 4.86. The van der Waals surface area contributed by atoms with Gasteiger partial charge in [0.05, 0.1) is 17.2 Å². The van der Waals surface area contributed by atoms with Gasteiger partial charge in [-0.15, -0.1) is 0 Å². The van der Waals surface area contributed by atoms with Crippen LogP contribution < -0.4 is 20.9 Å². The third-order valence-electron chi connectivity index (χ3n) is 6.10. The fraction of sp³-hybridized carbons (Fsp3) is 0.409. The van der Waals surface area contributed by atoms with Crippen LogP contribution in [0, 0.1) is 0 Å². The average molecular weight is 435 g/mol. The van der Waals surface area contributed by atoms with Crippen LogP contribution in [0.2, 0.25) is 0 Å². The van der Waals surface area contributed by atoms with E-state index >= 15 is 0 Å². The Bertz CT molecular complexity index is 1440. The molecular formula is C22H26N8O2. The van der Waals surface area contributed by atoms with Gasteiger partial charge in [0.25, 0.3) is 11.1 Å². The molecule has 10 nitrogen and oxygen atoms in total. The van der Waals surface area contributed by atoms with Gasteiger partial charge in [0.2, 0.25) is 5.95 Å². The van der Waals surface area contributed by atoms with Gasteiger partial charge in [-0.2, -0.15) is 10.1 Å². The molecule has 4 heterocycles. The van der Waals surface area contributed by atoms with Crippen molar-refractivity contribution in [2.45, 2.75) is 19.9 Å². The quantitative estimate of drug-likeness (QED) is 0.479. The molecule has 0 N–H and O–H groups in total. The van der Waals surface area contributed by atoms with Crippen molar-refractivity contribution in [2.75, 3.05) is 36.0 Å². The number of aromatic nitrogens is 6. The van der Waals surface area contributed by atoms with Gasteiger partial charge in [-0.3, -0.25) is 23.4 Å². The van der Waals surface area contributed by atoms with Crippen molar-refractivity contribution < 1.29 is 0 Å². The van der Waals surface area contributed by atoms with E-state index in [0.717, 1.165) is 31.9 Å². The summed E-state index contributed by atoms with van der Waals surface area (Å²) in [5, 5.41) is 5.46. The molecule has 0 spiro atoms. The van der Waals surface area contributed by atoms with Crippen LogP contribution in [0.25, 0.3) is 21.9 Å². The number of aryl methyl sites for hydroxylation is 1. The summed E-state index contributed by atoms with van der Waals surface area (Å²) >= 11 is 0. The maximum absolute atomic E-state index is 12.7. The topological polar surface area (TPSA) is 94.1 Å². The van der Waals surface area contributed by atoms with E-state index in [-0.39, 0.29) is 17.2 Å². The van der Waals surface area contributed by atoms with E-state index in [0.29, 0.717) is 27.9 Å². The van der Waals surface area contributed by atoms with Crippen molar-refractivity contribution >= 4 is 33.6 Å². The highest BCUT2D eigenvalue weighted by Gasteiger charge is 2.22. The van der Waals surface area contributed by atoms with E-state index < -0.39 is 0 Å². The van der Waals surface area contributed by atoms with E-state index in [1.807, 2.05) is 32.0 Å². The van der Waals surface area contributed by atoms with E-state index in [2.05, 4.69) is 24.9 Å². The highest BCUT2D eigenvalue weighted by molar-refractivity contribution is 5.81. The standard InChI is InChI=1S/C22H26N8O2/c1-14(2)30-13-23-18-11-15(5-6-16(18)21(30)32)28-7-9-29(10-8-28)22-24-19-17(12-26(3)25-19)20(31)27(22)4/h5-6,11-14H,7-10H2,1-4H3. The molecule has 32 heavy (non-hydrogen) atoms. The number of anilines is 2. The van der Waals surface area contributed by atoms with Crippen molar-refractivity contribution in [1.29, 1.82) is 0 Å². The average Bonchev–Trinajstić information content (AvgIpc) is 3.16. The summed E-state index contributed by atoms with van der Waals surface area (Å²) in [4.78, 5) is 38.9. The normalized spacial score (nSPS) is 14.8. The second-order valence-corrected chi connectivity index (χ2v) is 8.54.